The van der Waals surface area contributed by atoms with Gasteiger partial charge in [0.25, 0.3) is 0 Å². The fourth-order valence-corrected chi connectivity index (χ4v) is 2.42. The normalized spacial score (nSPS) is 11.3. The average molecular weight is 302 g/mol. The zero-order valence-corrected chi connectivity index (χ0v) is 14.6. The van der Waals surface area contributed by atoms with Crippen LogP contribution < -0.4 is 4.74 Å². The van der Waals surface area contributed by atoms with E-state index in [2.05, 4.69) is 40.3 Å². The lowest BCUT2D eigenvalue weighted by Gasteiger charge is -2.22. The molecule has 0 bridgehead atoms. The molecule has 0 amide bonds. The first-order valence-electron chi connectivity index (χ1n) is 8.30. The number of benzene rings is 1. The Bertz CT molecular complexity index is 495. The highest BCUT2D eigenvalue weighted by Gasteiger charge is 2.19. The molecule has 22 heavy (non-hydrogen) atoms. The summed E-state index contributed by atoms with van der Waals surface area (Å²) >= 11 is 0. The molecule has 0 aliphatic rings. The third kappa shape index (κ3) is 5.32. The smallest absolute Gasteiger partial charge is 0.153 e. The SMILES string of the molecule is C=CCc1cc(C(C)(C)C)cc(C=O)c1OCCCCCC. The lowest BCUT2D eigenvalue weighted by molar-refractivity contribution is 0.111. The molecule has 0 aliphatic carbocycles. The van der Waals surface area contributed by atoms with Gasteiger partial charge in [-0.3, -0.25) is 4.79 Å². The van der Waals surface area contributed by atoms with Crippen molar-refractivity contribution in [3.63, 3.8) is 0 Å². The van der Waals surface area contributed by atoms with Crippen molar-refractivity contribution >= 4 is 6.29 Å². The minimum absolute atomic E-state index is 0.00728. The molecule has 1 aromatic carbocycles. The molecule has 1 aromatic rings. The van der Waals surface area contributed by atoms with E-state index in [1.807, 2.05) is 12.1 Å². The van der Waals surface area contributed by atoms with Crippen LogP contribution in [0, 0.1) is 0 Å². The molecule has 2 nitrogen and oxygen atoms in total. The van der Waals surface area contributed by atoms with E-state index in [4.69, 9.17) is 4.74 Å². The summed E-state index contributed by atoms with van der Waals surface area (Å²) in [5.41, 5.74) is 2.87. The highest BCUT2D eigenvalue weighted by atomic mass is 16.5. The molecule has 0 spiro atoms. The standard InChI is InChI=1S/C20H30O2/c1-6-8-9-10-12-22-19-16(11-7-2)13-18(20(3,4)5)14-17(19)15-21/h7,13-15H,2,6,8-12H2,1,3-5H3. The Balaban J connectivity index is 3.02. The molecule has 0 heterocycles. The van der Waals surface area contributed by atoms with E-state index in [1.54, 1.807) is 0 Å². The molecule has 0 fully saturated rings. The van der Waals surface area contributed by atoms with E-state index in [1.165, 1.54) is 19.3 Å². The van der Waals surface area contributed by atoms with E-state index in [0.717, 1.165) is 36.0 Å². The Labute approximate surface area is 135 Å². The summed E-state index contributed by atoms with van der Waals surface area (Å²) in [7, 11) is 0. The van der Waals surface area contributed by atoms with Crippen LogP contribution in [0.3, 0.4) is 0 Å². The summed E-state index contributed by atoms with van der Waals surface area (Å²) in [6.45, 7) is 13.1. The van der Waals surface area contributed by atoms with Gasteiger partial charge >= 0.3 is 0 Å². The van der Waals surface area contributed by atoms with Crippen LogP contribution >= 0.6 is 0 Å². The molecule has 0 aromatic heterocycles. The summed E-state index contributed by atoms with van der Waals surface area (Å²) in [5, 5.41) is 0. The summed E-state index contributed by atoms with van der Waals surface area (Å²) in [5.74, 6) is 0.736. The van der Waals surface area contributed by atoms with Gasteiger partial charge in [-0.1, -0.05) is 59.1 Å². The van der Waals surface area contributed by atoms with E-state index >= 15 is 0 Å². The summed E-state index contributed by atoms with van der Waals surface area (Å²) in [4.78, 5) is 11.5. The summed E-state index contributed by atoms with van der Waals surface area (Å²) < 4.78 is 5.95. The number of allylic oxidation sites excluding steroid dienone is 1. The molecular weight excluding hydrogens is 272 g/mol. The van der Waals surface area contributed by atoms with Crippen LogP contribution in [0.4, 0.5) is 0 Å². The fourth-order valence-electron chi connectivity index (χ4n) is 2.42. The van der Waals surface area contributed by atoms with E-state index in [9.17, 15) is 4.79 Å². The van der Waals surface area contributed by atoms with Gasteiger partial charge in [0.05, 0.1) is 12.2 Å². The van der Waals surface area contributed by atoms with Gasteiger partial charge in [0.2, 0.25) is 0 Å². The van der Waals surface area contributed by atoms with Crippen molar-refractivity contribution < 1.29 is 9.53 Å². The Morgan fingerprint density at radius 1 is 1.18 bits per heavy atom. The maximum atomic E-state index is 11.5. The molecule has 0 radical (unpaired) electrons. The Morgan fingerprint density at radius 2 is 1.91 bits per heavy atom. The molecular formula is C20H30O2. The molecule has 0 N–H and O–H groups in total. The Hall–Kier alpha value is -1.57. The van der Waals surface area contributed by atoms with Crippen molar-refractivity contribution in [1.29, 1.82) is 0 Å². The number of carbonyl (C=O) groups is 1. The second kappa shape index (κ2) is 8.77. The molecule has 2 heteroatoms. The highest BCUT2D eigenvalue weighted by Crippen LogP contribution is 2.32. The van der Waals surface area contributed by atoms with E-state index in [0.29, 0.717) is 12.2 Å². The van der Waals surface area contributed by atoms with E-state index < -0.39 is 0 Å². The van der Waals surface area contributed by atoms with Crippen molar-refractivity contribution in [2.75, 3.05) is 6.61 Å². The minimum atomic E-state index is 0.00728. The number of carbonyl (C=O) groups excluding carboxylic acids is 1. The van der Waals surface area contributed by atoms with Crippen LogP contribution in [0.5, 0.6) is 5.75 Å². The number of ether oxygens (including phenoxy) is 1. The van der Waals surface area contributed by atoms with Gasteiger partial charge in [-0.25, -0.2) is 0 Å². The number of rotatable bonds is 9. The van der Waals surface area contributed by atoms with Crippen molar-refractivity contribution in [3.05, 3.63) is 41.5 Å². The van der Waals surface area contributed by atoms with Crippen LogP contribution in [0.25, 0.3) is 0 Å². The zero-order chi connectivity index (χ0) is 16.6. The zero-order valence-electron chi connectivity index (χ0n) is 14.6. The largest absolute Gasteiger partial charge is 0.493 e. The topological polar surface area (TPSA) is 26.3 Å². The van der Waals surface area contributed by atoms with Crippen LogP contribution in [0.1, 0.15) is 74.9 Å². The Kier molecular flexibility index (Phi) is 7.37. The molecule has 0 unspecified atom stereocenters. The maximum Gasteiger partial charge on any atom is 0.153 e. The lowest BCUT2D eigenvalue weighted by atomic mass is 9.84. The van der Waals surface area contributed by atoms with Crippen LogP contribution in [-0.4, -0.2) is 12.9 Å². The number of unbranched alkanes of at least 4 members (excludes halogenated alkanes) is 3. The number of hydrogen-bond acceptors (Lipinski definition) is 2. The van der Waals surface area contributed by atoms with E-state index in [-0.39, 0.29) is 5.41 Å². The first kappa shape index (κ1) is 18.5. The van der Waals surface area contributed by atoms with Gasteiger partial charge in [-0.15, -0.1) is 6.58 Å². The van der Waals surface area contributed by atoms with Crippen molar-refractivity contribution in [1.82, 2.24) is 0 Å². The second-order valence-electron chi connectivity index (χ2n) is 6.82. The fraction of sp³-hybridized carbons (Fsp3) is 0.550. The third-order valence-electron chi connectivity index (χ3n) is 3.80. The van der Waals surface area contributed by atoms with Gasteiger partial charge in [-0.2, -0.15) is 0 Å². The molecule has 0 atom stereocenters. The number of hydrogen-bond donors (Lipinski definition) is 0. The van der Waals surface area contributed by atoms with Gasteiger partial charge in [0, 0.05) is 0 Å². The van der Waals surface area contributed by atoms with Crippen molar-refractivity contribution in [2.45, 2.75) is 65.2 Å². The molecule has 122 valence electrons. The minimum Gasteiger partial charge on any atom is -0.493 e. The van der Waals surface area contributed by atoms with Crippen LogP contribution in [0.2, 0.25) is 0 Å². The monoisotopic (exact) mass is 302 g/mol. The molecule has 0 aliphatic heterocycles. The second-order valence-corrected chi connectivity index (χ2v) is 6.82. The van der Waals surface area contributed by atoms with Gasteiger partial charge in [0.1, 0.15) is 5.75 Å². The first-order chi connectivity index (χ1) is 10.4. The molecule has 0 saturated heterocycles. The van der Waals surface area contributed by atoms with Gasteiger partial charge in [-0.05, 0) is 35.4 Å². The lowest BCUT2D eigenvalue weighted by Crippen LogP contribution is -2.13. The average Bonchev–Trinajstić information content (AvgIpc) is 2.47. The quantitative estimate of drug-likeness (QED) is 0.343. The molecule has 0 saturated carbocycles. The number of aldehydes is 1. The predicted octanol–water partition coefficient (Wildman–Crippen LogP) is 5.48. The van der Waals surface area contributed by atoms with Gasteiger partial charge < -0.3 is 4.74 Å². The Morgan fingerprint density at radius 3 is 2.45 bits per heavy atom. The first-order valence-corrected chi connectivity index (χ1v) is 8.30. The van der Waals surface area contributed by atoms with Crippen molar-refractivity contribution in [3.8, 4) is 5.75 Å². The molecule has 1 rings (SSSR count). The predicted molar refractivity (Wildman–Crippen MR) is 94.1 cm³/mol. The summed E-state index contributed by atoms with van der Waals surface area (Å²) in [6.07, 6.45) is 8.12. The van der Waals surface area contributed by atoms with Crippen LogP contribution in [0.15, 0.2) is 24.8 Å². The summed E-state index contributed by atoms with van der Waals surface area (Å²) in [6, 6.07) is 4.11. The maximum absolute atomic E-state index is 11.5. The van der Waals surface area contributed by atoms with Crippen LogP contribution in [-0.2, 0) is 11.8 Å². The third-order valence-corrected chi connectivity index (χ3v) is 3.80. The highest BCUT2D eigenvalue weighted by molar-refractivity contribution is 5.81. The van der Waals surface area contributed by atoms with Gasteiger partial charge in [0.15, 0.2) is 6.29 Å². The van der Waals surface area contributed by atoms with Crippen molar-refractivity contribution in [2.24, 2.45) is 0 Å².